The molecule has 0 spiro atoms. The Morgan fingerprint density at radius 1 is 1.12 bits per heavy atom. The molecule has 120 valence electrons. The molecule has 0 bridgehead atoms. The van der Waals surface area contributed by atoms with E-state index in [4.69, 9.17) is 9.15 Å². The first kappa shape index (κ1) is 14.4. The van der Waals surface area contributed by atoms with Crippen LogP contribution in [0.25, 0.3) is 22.2 Å². The molecule has 0 aliphatic rings. The summed E-state index contributed by atoms with van der Waals surface area (Å²) < 4.78 is 13.1. The lowest BCUT2D eigenvalue weighted by Crippen LogP contribution is -2.01. The van der Waals surface area contributed by atoms with Gasteiger partial charge in [-0.3, -0.25) is 0 Å². The summed E-state index contributed by atoms with van der Waals surface area (Å²) in [7, 11) is 1.67. The number of methoxy groups -OCH3 is 1. The Bertz CT molecular complexity index is 990. The van der Waals surface area contributed by atoms with Gasteiger partial charge in [0.2, 0.25) is 5.89 Å². The number of aryl methyl sites for hydroxylation is 1. The molecule has 4 rings (SSSR count). The van der Waals surface area contributed by atoms with Crippen LogP contribution in [0.4, 0.5) is 0 Å². The highest BCUT2D eigenvalue weighted by Crippen LogP contribution is 2.34. The second kappa shape index (κ2) is 5.81. The number of ether oxygens (including phenoxy) is 1. The number of benzene rings is 2. The third kappa shape index (κ3) is 2.42. The topological polar surface area (TPSA) is 66.0 Å². The average molecular weight is 320 g/mol. The standard InChI is InChI=1S/C18H16N4O2/c1-12-16(9-22-11-19-10-20-22)21-18(24-12)15-7-8-17(23-2)14-6-4-3-5-13(14)15/h3-8,10-11H,9H2,1-2H3. The monoisotopic (exact) mass is 320 g/mol. The first-order chi connectivity index (χ1) is 11.8. The van der Waals surface area contributed by atoms with Crippen LogP contribution in [0.1, 0.15) is 11.5 Å². The largest absolute Gasteiger partial charge is 0.496 e. The molecule has 2 heterocycles. The predicted molar refractivity (Wildman–Crippen MR) is 89.9 cm³/mol. The van der Waals surface area contributed by atoms with E-state index in [9.17, 15) is 0 Å². The Morgan fingerprint density at radius 2 is 1.96 bits per heavy atom. The van der Waals surface area contributed by atoms with Gasteiger partial charge in [0.15, 0.2) is 0 Å². The molecule has 6 heteroatoms. The SMILES string of the molecule is COc1ccc(-c2nc(Cn3cncn3)c(C)o2)c2ccccc12. The average Bonchev–Trinajstić information content (AvgIpc) is 3.24. The van der Waals surface area contributed by atoms with E-state index in [1.54, 1.807) is 18.1 Å². The van der Waals surface area contributed by atoms with Crippen LogP contribution in [0.2, 0.25) is 0 Å². The zero-order valence-corrected chi connectivity index (χ0v) is 13.4. The van der Waals surface area contributed by atoms with E-state index in [1.807, 2.05) is 43.3 Å². The van der Waals surface area contributed by atoms with Gasteiger partial charge in [-0.1, -0.05) is 24.3 Å². The van der Waals surface area contributed by atoms with Crippen molar-refractivity contribution in [3.05, 3.63) is 60.5 Å². The number of hydrogen-bond donors (Lipinski definition) is 0. The smallest absolute Gasteiger partial charge is 0.227 e. The molecule has 0 radical (unpaired) electrons. The fourth-order valence-electron chi connectivity index (χ4n) is 2.79. The van der Waals surface area contributed by atoms with Crippen molar-refractivity contribution in [2.75, 3.05) is 7.11 Å². The van der Waals surface area contributed by atoms with Gasteiger partial charge in [-0.05, 0) is 24.4 Å². The minimum Gasteiger partial charge on any atom is -0.496 e. The number of oxazole rings is 1. The van der Waals surface area contributed by atoms with Gasteiger partial charge in [0, 0.05) is 10.9 Å². The summed E-state index contributed by atoms with van der Waals surface area (Å²) in [6, 6.07) is 12.0. The minimum atomic E-state index is 0.531. The number of nitrogens with zero attached hydrogens (tertiary/aromatic N) is 4. The van der Waals surface area contributed by atoms with Gasteiger partial charge < -0.3 is 9.15 Å². The molecular formula is C18H16N4O2. The fourth-order valence-corrected chi connectivity index (χ4v) is 2.79. The van der Waals surface area contributed by atoms with Crippen LogP contribution in [0.5, 0.6) is 5.75 Å². The van der Waals surface area contributed by atoms with Crippen molar-refractivity contribution in [3.63, 3.8) is 0 Å². The van der Waals surface area contributed by atoms with Crippen molar-refractivity contribution >= 4 is 10.8 Å². The summed E-state index contributed by atoms with van der Waals surface area (Å²) in [5.41, 5.74) is 1.79. The lowest BCUT2D eigenvalue weighted by molar-refractivity contribution is 0.420. The molecule has 2 aromatic carbocycles. The zero-order valence-electron chi connectivity index (χ0n) is 13.4. The van der Waals surface area contributed by atoms with Gasteiger partial charge >= 0.3 is 0 Å². The fraction of sp³-hybridized carbons (Fsp3) is 0.167. The van der Waals surface area contributed by atoms with Gasteiger partial charge in [0.1, 0.15) is 29.9 Å². The van der Waals surface area contributed by atoms with Gasteiger partial charge in [-0.2, -0.15) is 5.10 Å². The second-order valence-corrected chi connectivity index (χ2v) is 5.48. The maximum Gasteiger partial charge on any atom is 0.227 e. The Balaban J connectivity index is 1.81. The van der Waals surface area contributed by atoms with Gasteiger partial charge in [0.25, 0.3) is 0 Å². The van der Waals surface area contributed by atoms with E-state index >= 15 is 0 Å². The predicted octanol–water partition coefficient (Wildman–Crippen LogP) is 3.45. The van der Waals surface area contributed by atoms with Crippen LogP contribution in [-0.4, -0.2) is 26.9 Å². The molecular weight excluding hydrogens is 304 g/mol. The molecule has 6 nitrogen and oxygen atoms in total. The van der Waals surface area contributed by atoms with Gasteiger partial charge in [0.05, 0.1) is 13.7 Å². The third-order valence-electron chi connectivity index (χ3n) is 4.01. The van der Waals surface area contributed by atoms with Crippen LogP contribution >= 0.6 is 0 Å². The third-order valence-corrected chi connectivity index (χ3v) is 4.01. The van der Waals surface area contributed by atoms with Crippen molar-refractivity contribution in [1.82, 2.24) is 19.7 Å². The zero-order chi connectivity index (χ0) is 16.5. The Morgan fingerprint density at radius 3 is 2.71 bits per heavy atom. The van der Waals surface area contributed by atoms with Gasteiger partial charge in [-0.25, -0.2) is 14.6 Å². The summed E-state index contributed by atoms with van der Waals surface area (Å²) >= 11 is 0. The highest BCUT2D eigenvalue weighted by Gasteiger charge is 2.15. The summed E-state index contributed by atoms with van der Waals surface area (Å²) in [4.78, 5) is 8.62. The first-order valence-electron chi connectivity index (χ1n) is 7.61. The van der Waals surface area contributed by atoms with Crippen LogP contribution in [0.3, 0.4) is 0 Å². The van der Waals surface area contributed by atoms with Crippen molar-refractivity contribution in [1.29, 1.82) is 0 Å². The molecule has 2 aromatic heterocycles. The second-order valence-electron chi connectivity index (χ2n) is 5.48. The highest BCUT2D eigenvalue weighted by molar-refractivity contribution is 5.98. The highest BCUT2D eigenvalue weighted by atomic mass is 16.5. The van der Waals surface area contributed by atoms with E-state index in [-0.39, 0.29) is 0 Å². The summed E-state index contributed by atoms with van der Waals surface area (Å²) in [5, 5.41) is 6.19. The van der Waals surface area contributed by atoms with E-state index < -0.39 is 0 Å². The normalized spacial score (nSPS) is 11.1. The summed E-state index contributed by atoms with van der Waals surface area (Å²) in [5.74, 6) is 2.21. The molecule has 0 atom stereocenters. The maximum absolute atomic E-state index is 5.92. The molecule has 0 fully saturated rings. The molecule has 24 heavy (non-hydrogen) atoms. The molecule has 0 aliphatic carbocycles. The number of aromatic nitrogens is 4. The van der Waals surface area contributed by atoms with E-state index in [2.05, 4.69) is 15.1 Å². The summed E-state index contributed by atoms with van der Waals surface area (Å²) in [6.45, 7) is 2.44. The summed E-state index contributed by atoms with van der Waals surface area (Å²) in [6.07, 6.45) is 3.17. The molecule has 0 unspecified atom stereocenters. The van der Waals surface area contributed by atoms with Gasteiger partial charge in [-0.15, -0.1) is 0 Å². The minimum absolute atomic E-state index is 0.531. The molecule has 0 saturated heterocycles. The van der Waals surface area contributed by atoms with Crippen molar-refractivity contribution in [3.8, 4) is 17.2 Å². The number of rotatable bonds is 4. The lowest BCUT2D eigenvalue weighted by atomic mass is 10.0. The van der Waals surface area contributed by atoms with Crippen molar-refractivity contribution in [2.24, 2.45) is 0 Å². The maximum atomic E-state index is 5.92. The Labute approximate surface area is 138 Å². The van der Waals surface area contributed by atoms with Crippen LogP contribution in [0, 0.1) is 6.92 Å². The van der Waals surface area contributed by atoms with Crippen molar-refractivity contribution < 1.29 is 9.15 Å². The Hall–Kier alpha value is -3.15. The molecule has 0 aliphatic heterocycles. The first-order valence-corrected chi connectivity index (χ1v) is 7.61. The molecule has 0 amide bonds. The molecule has 0 saturated carbocycles. The Kier molecular flexibility index (Phi) is 3.49. The van der Waals surface area contributed by atoms with Crippen LogP contribution in [-0.2, 0) is 6.54 Å². The molecule has 4 aromatic rings. The number of hydrogen-bond acceptors (Lipinski definition) is 5. The van der Waals surface area contributed by atoms with E-state index in [0.29, 0.717) is 12.4 Å². The van der Waals surface area contributed by atoms with Crippen LogP contribution < -0.4 is 4.74 Å². The quantitative estimate of drug-likeness (QED) is 0.576. The number of fused-ring (bicyclic) bond motifs is 1. The van der Waals surface area contributed by atoms with Crippen LogP contribution in [0.15, 0.2) is 53.5 Å². The lowest BCUT2D eigenvalue weighted by Gasteiger charge is -2.08. The van der Waals surface area contributed by atoms with Crippen molar-refractivity contribution in [2.45, 2.75) is 13.5 Å². The van der Waals surface area contributed by atoms with E-state index in [1.165, 1.54) is 6.33 Å². The van der Waals surface area contributed by atoms with E-state index in [0.717, 1.165) is 33.5 Å². The molecule has 0 N–H and O–H groups in total.